The molecule has 5 nitrogen and oxygen atoms in total. The third-order valence-electron chi connectivity index (χ3n) is 3.17. The number of aromatic nitrogens is 2. The second kappa shape index (κ2) is 7.47. The van der Waals surface area contributed by atoms with Gasteiger partial charge in [-0.2, -0.15) is 5.10 Å². The second-order valence-electron chi connectivity index (χ2n) is 5.00. The van der Waals surface area contributed by atoms with Crippen molar-refractivity contribution < 1.29 is 4.79 Å². The van der Waals surface area contributed by atoms with E-state index in [-0.39, 0.29) is 5.91 Å². The van der Waals surface area contributed by atoms with Crippen LogP contribution in [0.4, 0.5) is 5.69 Å². The molecule has 0 unspecified atom stereocenters. The molecule has 0 aliphatic heterocycles. The van der Waals surface area contributed by atoms with Crippen LogP contribution in [0.3, 0.4) is 0 Å². The van der Waals surface area contributed by atoms with Crippen LogP contribution in [0.25, 0.3) is 0 Å². The van der Waals surface area contributed by atoms with Gasteiger partial charge in [-0.1, -0.05) is 13.0 Å². The maximum absolute atomic E-state index is 12.3. The Bertz CT molecular complexity index is 578. The van der Waals surface area contributed by atoms with E-state index < -0.39 is 0 Å². The fourth-order valence-electron chi connectivity index (χ4n) is 2.07. The summed E-state index contributed by atoms with van der Waals surface area (Å²) in [7, 11) is 0. The van der Waals surface area contributed by atoms with E-state index in [0.717, 1.165) is 24.2 Å². The minimum atomic E-state index is -0.0549. The van der Waals surface area contributed by atoms with Crippen molar-refractivity contribution in [3.8, 4) is 0 Å². The van der Waals surface area contributed by atoms with Crippen LogP contribution in [0.1, 0.15) is 29.3 Å². The number of nitrogens with zero attached hydrogens (tertiary/aromatic N) is 2. The summed E-state index contributed by atoms with van der Waals surface area (Å²) in [6, 6.07) is 7.71. The molecule has 0 radical (unpaired) electrons. The maximum Gasteiger partial charge on any atom is 0.253 e. The lowest BCUT2D eigenvalue weighted by Gasteiger charge is -2.12. The lowest BCUT2D eigenvalue weighted by Crippen LogP contribution is -2.28. The first-order valence-corrected chi connectivity index (χ1v) is 7.31. The molecule has 2 aromatic rings. The standard InChI is InChI=1S/C16H22N4O/c1-3-7-17-15-12-13(2)5-6-14(15)16(21)18-9-11-20-10-4-8-19-20/h4-6,8,10,12,17H,3,7,9,11H2,1-2H3,(H,18,21). The van der Waals surface area contributed by atoms with Crippen molar-refractivity contribution >= 4 is 11.6 Å². The number of benzene rings is 1. The Hall–Kier alpha value is -2.30. The van der Waals surface area contributed by atoms with Gasteiger partial charge in [0.05, 0.1) is 12.1 Å². The number of aryl methyl sites for hydroxylation is 1. The highest BCUT2D eigenvalue weighted by molar-refractivity contribution is 5.99. The highest BCUT2D eigenvalue weighted by Gasteiger charge is 2.10. The van der Waals surface area contributed by atoms with Gasteiger partial charge in [-0.05, 0) is 37.1 Å². The molecule has 112 valence electrons. The number of carbonyl (C=O) groups is 1. The summed E-state index contributed by atoms with van der Waals surface area (Å²) in [6.45, 7) is 6.21. The van der Waals surface area contributed by atoms with E-state index in [4.69, 9.17) is 0 Å². The van der Waals surface area contributed by atoms with E-state index in [9.17, 15) is 4.79 Å². The van der Waals surface area contributed by atoms with Gasteiger partial charge in [0, 0.05) is 31.2 Å². The van der Waals surface area contributed by atoms with Crippen LogP contribution in [-0.4, -0.2) is 28.8 Å². The number of hydrogen-bond acceptors (Lipinski definition) is 3. The molecule has 1 aromatic heterocycles. The summed E-state index contributed by atoms with van der Waals surface area (Å²) in [5, 5.41) is 10.4. The van der Waals surface area contributed by atoms with Crippen LogP contribution >= 0.6 is 0 Å². The van der Waals surface area contributed by atoms with E-state index in [1.807, 2.05) is 37.4 Å². The lowest BCUT2D eigenvalue weighted by molar-refractivity contribution is 0.0952. The number of amides is 1. The minimum Gasteiger partial charge on any atom is -0.384 e. The molecule has 0 atom stereocenters. The average Bonchev–Trinajstić information content (AvgIpc) is 2.98. The van der Waals surface area contributed by atoms with Crippen LogP contribution in [-0.2, 0) is 6.54 Å². The molecule has 0 fully saturated rings. The van der Waals surface area contributed by atoms with Crippen molar-refractivity contribution in [3.63, 3.8) is 0 Å². The Morgan fingerprint density at radius 1 is 1.33 bits per heavy atom. The molecular formula is C16H22N4O. The number of hydrogen-bond donors (Lipinski definition) is 2. The first-order chi connectivity index (χ1) is 10.2. The number of nitrogens with one attached hydrogen (secondary N) is 2. The molecule has 0 aliphatic carbocycles. The Morgan fingerprint density at radius 2 is 2.19 bits per heavy atom. The van der Waals surface area contributed by atoms with Crippen molar-refractivity contribution in [3.05, 3.63) is 47.8 Å². The number of carbonyl (C=O) groups excluding carboxylic acids is 1. The van der Waals surface area contributed by atoms with Gasteiger partial charge in [-0.3, -0.25) is 9.48 Å². The molecule has 5 heteroatoms. The third-order valence-corrected chi connectivity index (χ3v) is 3.17. The van der Waals surface area contributed by atoms with Crippen molar-refractivity contribution in [2.75, 3.05) is 18.4 Å². The Kier molecular flexibility index (Phi) is 5.37. The van der Waals surface area contributed by atoms with Gasteiger partial charge in [-0.15, -0.1) is 0 Å². The highest BCUT2D eigenvalue weighted by Crippen LogP contribution is 2.17. The van der Waals surface area contributed by atoms with E-state index in [1.54, 1.807) is 10.9 Å². The molecule has 0 saturated carbocycles. The van der Waals surface area contributed by atoms with Crippen molar-refractivity contribution in [1.29, 1.82) is 0 Å². The molecule has 2 N–H and O–H groups in total. The smallest absolute Gasteiger partial charge is 0.253 e. The van der Waals surface area contributed by atoms with Crippen LogP contribution in [0.2, 0.25) is 0 Å². The molecule has 1 heterocycles. The van der Waals surface area contributed by atoms with Crippen LogP contribution in [0, 0.1) is 6.92 Å². The first kappa shape index (κ1) is 15.1. The van der Waals surface area contributed by atoms with Crippen LogP contribution < -0.4 is 10.6 Å². The predicted octanol–water partition coefficient (Wildman–Crippen LogP) is 2.44. The topological polar surface area (TPSA) is 59.0 Å². The summed E-state index contributed by atoms with van der Waals surface area (Å²) in [5.74, 6) is -0.0549. The van der Waals surface area contributed by atoms with E-state index in [0.29, 0.717) is 18.7 Å². The summed E-state index contributed by atoms with van der Waals surface area (Å²) >= 11 is 0. The van der Waals surface area contributed by atoms with Gasteiger partial charge in [0.15, 0.2) is 0 Å². The van der Waals surface area contributed by atoms with E-state index in [1.165, 1.54) is 0 Å². The molecule has 1 aromatic carbocycles. The SMILES string of the molecule is CCCNc1cc(C)ccc1C(=O)NCCn1cccn1. The zero-order chi connectivity index (χ0) is 15.1. The van der Waals surface area contributed by atoms with Crippen molar-refractivity contribution in [1.82, 2.24) is 15.1 Å². The van der Waals surface area contributed by atoms with Gasteiger partial charge in [0.2, 0.25) is 0 Å². The average molecular weight is 286 g/mol. The Morgan fingerprint density at radius 3 is 2.90 bits per heavy atom. The van der Waals surface area contributed by atoms with Crippen molar-refractivity contribution in [2.45, 2.75) is 26.8 Å². The van der Waals surface area contributed by atoms with Crippen LogP contribution in [0.5, 0.6) is 0 Å². The lowest BCUT2D eigenvalue weighted by atomic mass is 10.1. The molecule has 1 amide bonds. The van der Waals surface area contributed by atoms with Gasteiger partial charge >= 0.3 is 0 Å². The Balaban J connectivity index is 1.97. The third kappa shape index (κ3) is 4.34. The van der Waals surface area contributed by atoms with Crippen molar-refractivity contribution in [2.24, 2.45) is 0 Å². The fraction of sp³-hybridized carbons (Fsp3) is 0.375. The van der Waals surface area contributed by atoms with Gasteiger partial charge in [0.25, 0.3) is 5.91 Å². The summed E-state index contributed by atoms with van der Waals surface area (Å²) in [5.41, 5.74) is 2.73. The fourth-order valence-corrected chi connectivity index (χ4v) is 2.07. The second-order valence-corrected chi connectivity index (χ2v) is 5.00. The molecule has 0 saturated heterocycles. The van der Waals surface area contributed by atoms with Crippen LogP contribution in [0.15, 0.2) is 36.7 Å². The molecule has 0 bridgehead atoms. The normalized spacial score (nSPS) is 10.4. The number of rotatable bonds is 7. The molecule has 0 aliphatic rings. The number of anilines is 1. The van der Waals surface area contributed by atoms with Gasteiger partial charge < -0.3 is 10.6 Å². The zero-order valence-corrected chi connectivity index (χ0v) is 12.6. The summed E-state index contributed by atoms with van der Waals surface area (Å²) in [4.78, 5) is 12.3. The first-order valence-electron chi connectivity index (χ1n) is 7.31. The van der Waals surface area contributed by atoms with Gasteiger partial charge in [-0.25, -0.2) is 0 Å². The minimum absolute atomic E-state index is 0.0549. The van der Waals surface area contributed by atoms with E-state index >= 15 is 0 Å². The quantitative estimate of drug-likeness (QED) is 0.822. The molecule has 2 rings (SSSR count). The monoisotopic (exact) mass is 286 g/mol. The zero-order valence-electron chi connectivity index (χ0n) is 12.6. The molecule has 21 heavy (non-hydrogen) atoms. The van der Waals surface area contributed by atoms with Gasteiger partial charge in [0.1, 0.15) is 0 Å². The summed E-state index contributed by atoms with van der Waals surface area (Å²) < 4.78 is 1.80. The highest BCUT2D eigenvalue weighted by atomic mass is 16.1. The molecular weight excluding hydrogens is 264 g/mol. The predicted molar refractivity (Wildman–Crippen MR) is 84.5 cm³/mol. The summed E-state index contributed by atoms with van der Waals surface area (Å²) in [6.07, 6.45) is 4.63. The maximum atomic E-state index is 12.3. The Labute approximate surface area is 125 Å². The largest absolute Gasteiger partial charge is 0.384 e. The van der Waals surface area contributed by atoms with E-state index in [2.05, 4.69) is 22.7 Å². The molecule has 0 spiro atoms.